The van der Waals surface area contributed by atoms with E-state index in [0.717, 1.165) is 6.07 Å². The SMILES string of the molecule is CNC(=O)C1CC(NC(=O)c2nc(-c3ccc(OC)c4nc(C(F)(F)F)ccc34)oc2[C@H](C)N)C1. The second-order valence-corrected chi connectivity index (χ2v) is 8.38. The minimum Gasteiger partial charge on any atom is -0.494 e. The van der Waals surface area contributed by atoms with Gasteiger partial charge in [-0.2, -0.15) is 13.2 Å². The number of fused-ring (bicyclic) bond motifs is 1. The van der Waals surface area contributed by atoms with E-state index in [2.05, 4.69) is 20.6 Å². The Morgan fingerprint density at radius 3 is 2.51 bits per heavy atom. The fraction of sp³-hybridized carbons (Fsp3) is 0.391. The molecule has 12 heteroatoms. The van der Waals surface area contributed by atoms with Gasteiger partial charge in [0, 0.05) is 30.0 Å². The predicted octanol–water partition coefficient (Wildman–Crippen LogP) is 3.19. The molecule has 0 bridgehead atoms. The fourth-order valence-corrected chi connectivity index (χ4v) is 4.03. The number of nitrogens with one attached hydrogen (secondary N) is 2. The molecule has 1 saturated carbocycles. The summed E-state index contributed by atoms with van der Waals surface area (Å²) in [6, 6.07) is 4.25. The first-order valence-corrected chi connectivity index (χ1v) is 10.9. The van der Waals surface area contributed by atoms with Crippen LogP contribution in [0.2, 0.25) is 0 Å². The molecule has 2 amide bonds. The number of pyridine rings is 1. The number of oxazole rings is 1. The molecule has 35 heavy (non-hydrogen) atoms. The highest BCUT2D eigenvalue weighted by atomic mass is 19.4. The topological polar surface area (TPSA) is 132 Å². The van der Waals surface area contributed by atoms with Gasteiger partial charge in [0.25, 0.3) is 5.91 Å². The van der Waals surface area contributed by atoms with Gasteiger partial charge in [-0.05, 0) is 44.0 Å². The Morgan fingerprint density at radius 1 is 1.20 bits per heavy atom. The Hall–Kier alpha value is -3.67. The second-order valence-electron chi connectivity index (χ2n) is 8.38. The molecule has 0 spiro atoms. The van der Waals surface area contributed by atoms with E-state index in [1.54, 1.807) is 20.0 Å². The molecule has 4 rings (SSSR count). The number of aromatic nitrogens is 2. The first-order chi connectivity index (χ1) is 16.5. The van der Waals surface area contributed by atoms with Gasteiger partial charge in [0.2, 0.25) is 11.8 Å². The highest BCUT2D eigenvalue weighted by Gasteiger charge is 2.36. The summed E-state index contributed by atoms with van der Waals surface area (Å²) in [5.41, 5.74) is 5.21. The van der Waals surface area contributed by atoms with Crippen LogP contribution in [0.5, 0.6) is 5.75 Å². The minimum atomic E-state index is -4.64. The third-order valence-electron chi connectivity index (χ3n) is 5.93. The lowest BCUT2D eigenvalue weighted by molar-refractivity contribution is -0.141. The molecule has 2 heterocycles. The van der Waals surface area contributed by atoms with Gasteiger partial charge in [-0.25, -0.2) is 9.97 Å². The summed E-state index contributed by atoms with van der Waals surface area (Å²) >= 11 is 0. The van der Waals surface area contributed by atoms with E-state index in [0.29, 0.717) is 23.8 Å². The highest BCUT2D eigenvalue weighted by molar-refractivity contribution is 5.98. The van der Waals surface area contributed by atoms with Crippen LogP contribution in [0.4, 0.5) is 13.2 Å². The molecule has 2 aromatic heterocycles. The van der Waals surface area contributed by atoms with E-state index >= 15 is 0 Å². The van der Waals surface area contributed by atoms with Crippen LogP contribution in [-0.4, -0.2) is 42.0 Å². The molecule has 0 saturated heterocycles. The lowest BCUT2D eigenvalue weighted by Crippen LogP contribution is -2.49. The molecule has 1 aliphatic carbocycles. The maximum Gasteiger partial charge on any atom is 0.433 e. The zero-order chi connectivity index (χ0) is 25.5. The van der Waals surface area contributed by atoms with Crippen LogP contribution in [0.25, 0.3) is 22.4 Å². The number of alkyl halides is 3. The smallest absolute Gasteiger partial charge is 0.433 e. The Bertz CT molecular complexity index is 1280. The summed E-state index contributed by atoms with van der Waals surface area (Å²) in [5, 5.41) is 5.71. The Labute approximate surface area is 198 Å². The first-order valence-electron chi connectivity index (χ1n) is 10.9. The number of hydrogen-bond acceptors (Lipinski definition) is 7. The van der Waals surface area contributed by atoms with Gasteiger partial charge in [-0.1, -0.05) is 0 Å². The number of amides is 2. The number of nitrogens with two attached hydrogens (primary N) is 1. The number of benzene rings is 1. The Balaban J connectivity index is 1.69. The quantitative estimate of drug-likeness (QED) is 0.482. The Kier molecular flexibility index (Phi) is 6.41. The van der Waals surface area contributed by atoms with Gasteiger partial charge >= 0.3 is 6.18 Å². The molecule has 4 N–H and O–H groups in total. The summed E-state index contributed by atoms with van der Waals surface area (Å²) < 4.78 is 50.7. The zero-order valence-electron chi connectivity index (χ0n) is 19.2. The maximum absolute atomic E-state index is 13.2. The number of carbonyl (C=O) groups excluding carboxylic acids is 2. The number of methoxy groups -OCH3 is 1. The van der Waals surface area contributed by atoms with E-state index in [4.69, 9.17) is 14.9 Å². The molecule has 0 aliphatic heterocycles. The molecule has 1 fully saturated rings. The largest absolute Gasteiger partial charge is 0.494 e. The molecule has 1 aromatic carbocycles. The molecular formula is C23H24F3N5O4. The number of carbonyl (C=O) groups is 2. The van der Waals surface area contributed by atoms with Crippen LogP contribution in [0, 0.1) is 5.92 Å². The van der Waals surface area contributed by atoms with Crippen molar-refractivity contribution in [3.63, 3.8) is 0 Å². The predicted molar refractivity (Wildman–Crippen MR) is 119 cm³/mol. The van der Waals surface area contributed by atoms with Crippen LogP contribution < -0.4 is 21.1 Å². The first kappa shape index (κ1) is 24.5. The van der Waals surface area contributed by atoms with Crippen LogP contribution in [0.1, 0.15) is 47.7 Å². The van der Waals surface area contributed by atoms with Crippen molar-refractivity contribution in [3.05, 3.63) is 41.4 Å². The van der Waals surface area contributed by atoms with Crippen molar-refractivity contribution in [1.29, 1.82) is 0 Å². The zero-order valence-corrected chi connectivity index (χ0v) is 19.2. The third kappa shape index (κ3) is 4.65. The van der Waals surface area contributed by atoms with E-state index in [9.17, 15) is 22.8 Å². The van der Waals surface area contributed by atoms with Gasteiger partial charge < -0.3 is 25.5 Å². The fourth-order valence-electron chi connectivity index (χ4n) is 4.03. The van der Waals surface area contributed by atoms with Crippen molar-refractivity contribution >= 4 is 22.7 Å². The highest BCUT2D eigenvalue weighted by Crippen LogP contribution is 2.37. The van der Waals surface area contributed by atoms with E-state index in [1.165, 1.54) is 19.2 Å². The number of nitrogens with zero attached hydrogens (tertiary/aromatic N) is 2. The van der Waals surface area contributed by atoms with Crippen LogP contribution in [-0.2, 0) is 11.0 Å². The standard InChI is InChI=1S/C23H24F3N5O4/c1-10(27)19-18(21(33)29-12-8-11(9-12)20(32)28-2)31-22(35-19)14-4-6-15(34-3)17-13(14)5-7-16(30-17)23(24,25)26/h4-7,10-12H,8-9,27H2,1-3H3,(H,28,32)(H,29,33)/t10-,11?,12?/m0/s1. The molecule has 186 valence electrons. The van der Waals surface area contributed by atoms with Crippen molar-refractivity contribution < 1.29 is 31.9 Å². The average Bonchev–Trinajstić information content (AvgIpc) is 3.24. The normalized spacial score (nSPS) is 18.6. The van der Waals surface area contributed by atoms with E-state index in [1.807, 2.05) is 0 Å². The third-order valence-corrected chi connectivity index (χ3v) is 5.93. The molecule has 0 radical (unpaired) electrons. The van der Waals surface area contributed by atoms with Gasteiger partial charge in [0.15, 0.2) is 11.5 Å². The molecule has 0 unspecified atom stereocenters. The summed E-state index contributed by atoms with van der Waals surface area (Å²) in [6.45, 7) is 1.62. The van der Waals surface area contributed by atoms with Crippen molar-refractivity contribution in [2.24, 2.45) is 11.7 Å². The van der Waals surface area contributed by atoms with E-state index < -0.39 is 23.8 Å². The summed E-state index contributed by atoms with van der Waals surface area (Å²) in [6.07, 6.45) is -3.64. The lowest BCUT2D eigenvalue weighted by atomic mass is 9.79. The van der Waals surface area contributed by atoms with Crippen LogP contribution in [0.15, 0.2) is 28.7 Å². The van der Waals surface area contributed by atoms with Crippen molar-refractivity contribution in [3.8, 4) is 17.2 Å². The van der Waals surface area contributed by atoms with Gasteiger partial charge in [0.05, 0.1) is 13.2 Å². The number of rotatable bonds is 6. The minimum absolute atomic E-state index is 0.00788. The van der Waals surface area contributed by atoms with Crippen molar-refractivity contribution in [2.45, 2.75) is 38.0 Å². The molecule has 1 atom stereocenters. The molecular weight excluding hydrogens is 467 g/mol. The number of ether oxygens (including phenoxy) is 1. The second kappa shape index (κ2) is 9.17. The van der Waals surface area contributed by atoms with Gasteiger partial charge in [0.1, 0.15) is 17.0 Å². The van der Waals surface area contributed by atoms with Gasteiger partial charge in [-0.15, -0.1) is 0 Å². The summed E-state index contributed by atoms with van der Waals surface area (Å²) in [5.74, 6) is -0.475. The summed E-state index contributed by atoms with van der Waals surface area (Å²) in [4.78, 5) is 32.7. The molecule has 1 aliphatic rings. The number of hydrogen-bond donors (Lipinski definition) is 3. The maximum atomic E-state index is 13.2. The van der Waals surface area contributed by atoms with Crippen molar-refractivity contribution in [2.75, 3.05) is 14.2 Å². The van der Waals surface area contributed by atoms with Crippen LogP contribution >= 0.6 is 0 Å². The van der Waals surface area contributed by atoms with Crippen molar-refractivity contribution in [1.82, 2.24) is 20.6 Å². The summed E-state index contributed by atoms with van der Waals surface area (Å²) in [7, 11) is 2.88. The molecule has 9 nitrogen and oxygen atoms in total. The Morgan fingerprint density at radius 2 is 1.91 bits per heavy atom. The average molecular weight is 491 g/mol. The van der Waals surface area contributed by atoms with E-state index in [-0.39, 0.29) is 46.5 Å². The van der Waals surface area contributed by atoms with Crippen LogP contribution in [0.3, 0.4) is 0 Å². The number of halogens is 3. The molecule has 3 aromatic rings. The lowest BCUT2D eigenvalue weighted by Gasteiger charge is -2.34. The monoisotopic (exact) mass is 491 g/mol. The van der Waals surface area contributed by atoms with Gasteiger partial charge in [-0.3, -0.25) is 9.59 Å².